The zero-order chi connectivity index (χ0) is 16.9. The molecule has 0 saturated heterocycles. The maximum absolute atomic E-state index is 12.7. The Hall–Kier alpha value is -2.77. The fraction of sp³-hybridized carbons (Fsp3) is 0.125. The molecule has 0 saturated carbocycles. The lowest BCUT2D eigenvalue weighted by Crippen LogP contribution is -2.15. The minimum absolute atomic E-state index is 0.308. The van der Waals surface area contributed by atoms with Gasteiger partial charge in [0.1, 0.15) is 6.33 Å². The summed E-state index contributed by atoms with van der Waals surface area (Å²) in [6, 6.07) is 12.4. The first-order chi connectivity index (χ1) is 11.7. The first kappa shape index (κ1) is 16.1. The van der Waals surface area contributed by atoms with Gasteiger partial charge in [-0.05, 0) is 46.3 Å². The average molecular weight is 344 g/mol. The highest BCUT2D eigenvalue weighted by Gasteiger charge is 2.15. The van der Waals surface area contributed by atoms with Gasteiger partial charge >= 0.3 is 0 Å². The number of hydrogen-bond acceptors (Lipinski definition) is 5. The van der Waals surface area contributed by atoms with Crippen LogP contribution in [0.1, 0.15) is 15.9 Å². The molecule has 122 valence electrons. The van der Waals surface area contributed by atoms with Gasteiger partial charge < -0.3 is 10.1 Å². The number of tetrazole rings is 1. The van der Waals surface area contributed by atoms with Crippen LogP contribution in [0.2, 0.25) is 5.02 Å². The summed E-state index contributed by atoms with van der Waals surface area (Å²) in [5.41, 5.74) is 2.53. The maximum atomic E-state index is 12.7. The van der Waals surface area contributed by atoms with Crippen molar-refractivity contribution in [1.29, 1.82) is 0 Å². The van der Waals surface area contributed by atoms with Crippen molar-refractivity contribution in [2.45, 2.75) is 6.61 Å². The van der Waals surface area contributed by atoms with Crippen LogP contribution in [0.15, 0.2) is 48.8 Å². The van der Waals surface area contributed by atoms with Gasteiger partial charge in [-0.25, -0.2) is 0 Å². The molecule has 0 radical (unpaired) electrons. The minimum atomic E-state index is -0.308. The molecule has 7 nitrogen and oxygen atoms in total. The van der Waals surface area contributed by atoms with Crippen LogP contribution in [-0.4, -0.2) is 33.2 Å². The number of benzene rings is 2. The first-order valence-electron chi connectivity index (χ1n) is 7.09. The molecule has 0 aliphatic carbocycles. The molecule has 2 aromatic carbocycles. The topological polar surface area (TPSA) is 81.9 Å². The van der Waals surface area contributed by atoms with E-state index in [1.165, 1.54) is 11.0 Å². The molecule has 0 unspecified atom stereocenters. The van der Waals surface area contributed by atoms with Crippen LogP contribution >= 0.6 is 11.6 Å². The molecule has 0 bridgehead atoms. The van der Waals surface area contributed by atoms with E-state index in [1.807, 2.05) is 18.2 Å². The maximum Gasteiger partial charge on any atom is 0.257 e. The fourth-order valence-corrected chi connectivity index (χ4v) is 2.44. The van der Waals surface area contributed by atoms with E-state index >= 15 is 0 Å². The van der Waals surface area contributed by atoms with Crippen molar-refractivity contribution in [3.63, 3.8) is 0 Å². The van der Waals surface area contributed by atoms with Crippen LogP contribution in [0.4, 0.5) is 5.69 Å². The summed E-state index contributed by atoms with van der Waals surface area (Å²) in [5.74, 6) is -0.308. The third-order valence-corrected chi connectivity index (χ3v) is 3.53. The number of hydrogen-bond donors (Lipinski definition) is 1. The molecule has 0 fully saturated rings. The van der Waals surface area contributed by atoms with Crippen LogP contribution in [0, 0.1) is 0 Å². The van der Waals surface area contributed by atoms with Gasteiger partial charge in [0.2, 0.25) is 0 Å². The van der Waals surface area contributed by atoms with Gasteiger partial charge in [-0.2, -0.15) is 4.68 Å². The van der Waals surface area contributed by atoms with Gasteiger partial charge in [-0.15, -0.1) is 5.10 Å². The largest absolute Gasteiger partial charge is 0.380 e. The number of aromatic nitrogens is 4. The number of carbonyl (C=O) groups excluding carboxylic acids is 1. The number of methoxy groups -OCH3 is 1. The van der Waals surface area contributed by atoms with Gasteiger partial charge in [0.15, 0.2) is 0 Å². The molecule has 1 aromatic heterocycles. The molecule has 1 amide bonds. The number of carbonyl (C=O) groups is 1. The van der Waals surface area contributed by atoms with Crippen molar-refractivity contribution >= 4 is 23.2 Å². The van der Waals surface area contributed by atoms with E-state index in [0.717, 1.165) is 5.56 Å². The second-order valence-electron chi connectivity index (χ2n) is 5.00. The molecular weight excluding hydrogens is 330 g/mol. The van der Waals surface area contributed by atoms with Crippen molar-refractivity contribution in [2.75, 3.05) is 12.4 Å². The van der Waals surface area contributed by atoms with E-state index in [2.05, 4.69) is 20.8 Å². The zero-order valence-corrected chi connectivity index (χ0v) is 13.6. The molecule has 0 aliphatic heterocycles. The molecule has 1 N–H and O–H groups in total. The first-order valence-corrected chi connectivity index (χ1v) is 7.47. The molecular formula is C16H14ClN5O2. The standard InChI is InChI=1S/C16H14ClN5O2/c1-24-9-11-3-2-4-13(7-11)19-16(23)14-8-12(17)5-6-15(14)22-10-18-20-21-22/h2-8,10H,9H2,1H3,(H,19,23). The molecule has 8 heteroatoms. The van der Waals surface area contributed by atoms with Crippen molar-refractivity contribution in [2.24, 2.45) is 0 Å². The molecule has 1 heterocycles. The van der Waals surface area contributed by atoms with Crippen molar-refractivity contribution in [3.05, 3.63) is 64.9 Å². The van der Waals surface area contributed by atoms with Crippen molar-refractivity contribution in [1.82, 2.24) is 20.2 Å². The van der Waals surface area contributed by atoms with Crippen molar-refractivity contribution in [3.8, 4) is 5.69 Å². The second kappa shape index (κ2) is 7.20. The quantitative estimate of drug-likeness (QED) is 0.770. The van der Waals surface area contributed by atoms with Crippen LogP contribution in [-0.2, 0) is 11.3 Å². The zero-order valence-electron chi connectivity index (χ0n) is 12.8. The van der Waals surface area contributed by atoms with E-state index in [0.29, 0.717) is 28.6 Å². The summed E-state index contributed by atoms with van der Waals surface area (Å²) in [4.78, 5) is 12.7. The van der Waals surface area contributed by atoms with Gasteiger partial charge in [0.05, 0.1) is 17.9 Å². The Morgan fingerprint density at radius 1 is 1.29 bits per heavy atom. The van der Waals surface area contributed by atoms with Crippen molar-refractivity contribution < 1.29 is 9.53 Å². The number of nitrogens with one attached hydrogen (secondary N) is 1. The SMILES string of the molecule is COCc1cccc(NC(=O)c2cc(Cl)ccc2-n2cnnn2)c1. The molecule has 3 rings (SSSR count). The average Bonchev–Trinajstić information content (AvgIpc) is 3.10. The fourth-order valence-electron chi connectivity index (χ4n) is 2.27. The van der Waals surface area contributed by atoms with Gasteiger partial charge in [0.25, 0.3) is 5.91 Å². The second-order valence-corrected chi connectivity index (χ2v) is 5.44. The summed E-state index contributed by atoms with van der Waals surface area (Å²) >= 11 is 6.03. The van der Waals surface area contributed by atoms with Crippen LogP contribution in [0.3, 0.4) is 0 Å². The lowest BCUT2D eigenvalue weighted by molar-refractivity contribution is 0.102. The number of rotatable bonds is 5. The Balaban J connectivity index is 1.90. The summed E-state index contributed by atoms with van der Waals surface area (Å²) in [7, 11) is 1.62. The molecule has 0 spiro atoms. The Bertz CT molecular complexity index is 851. The van der Waals surface area contributed by atoms with E-state index in [9.17, 15) is 4.79 Å². The van der Waals surface area contributed by atoms with Crippen LogP contribution < -0.4 is 5.32 Å². The Kier molecular flexibility index (Phi) is 4.83. The third-order valence-electron chi connectivity index (χ3n) is 3.29. The predicted molar refractivity (Wildman–Crippen MR) is 89.3 cm³/mol. The summed E-state index contributed by atoms with van der Waals surface area (Å²) in [6.45, 7) is 0.469. The number of amides is 1. The highest BCUT2D eigenvalue weighted by Crippen LogP contribution is 2.21. The Morgan fingerprint density at radius 3 is 2.92 bits per heavy atom. The number of ether oxygens (including phenoxy) is 1. The number of nitrogens with zero attached hydrogens (tertiary/aromatic N) is 4. The molecule has 3 aromatic rings. The van der Waals surface area contributed by atoms with Gasteiger partial charge in [0, 0.05) is 17.8 Å². The molecule has 0 aliphatic rings. The van der Waals surface area contributed by atoms with Crippen LogP contribution in [0.25, 0.3) is 5.69 Å². The molecule has 0 atom stereocenters. The molecule has 24 heavy (non-hydrogen) atoms. The normalized spacial score (nSPS) is 10.6. The van der Waals surface area contributed by atoms with E-state index in [1.54, 1.807) is 31.4 Å². The number of halogens is 1. The minimum Gasteiger partial charge on any atom is -0.380 e. The van der Waals surface area contributed by atoms with Gasteiger partial charge in [-0.3, -0.25) is 4.79 Å². The lowest BCUT2D eigenvalue weighted by atomic mass is 10.1. The number of anilines is 1. The summed E-state index contributed by atoms with van der Waals surface area (Å²) in [6.07, 6.45) is 1.42. The lowest BCUT2D eigenvalue weighted by Gasteiger charge is -2.11. The van der Waals surface area contributed by atoms with E-state index in [-0.39, 0.29) is 5.91 Å². The predicted octanol–water partition coefficient (Wildman–Crippen LogP) is 2.71. The Morgan fingerprint density at radius 2 is 2.17 bits per heavy atom. The highest BCUT2D eigenvalue weighted by molar-refractivity contribution is 6.31. The Labute approximate surface area is 143 Å². The summed E-state index contributed by atoms with van der Waals surface area (Å²) in [5, 5.41) is 14.3. The smallest absolute Gasteiger partial charge is 0.257 e. The monoisotopic (exact) mass is 343 g/mol. The van der Waals surface area contributed by atoms with E-state index < -0.39 is 0 Å². The van der Waals surface area contributed by atoms with Crippen LogP contribution in [0.5, 0.6) is 0 Å². The van der Waals surface area contributed by atoms with E-state index in [4.69, 9.17) is 16.3 Å². The van der Waals surface area contributed by atoms with Gasteiger partial charge in [-0.1, -0.05) is 23.7 Å². The third kappa shape index (κ3) is 3.58. The highest BCUT2D eigenvalue weighted by atomic mass is 35.5. The summed E-state index contributed by atoms with van der Waals surface area (Å²) < 4.78 is 6.51.